The second kappa shape index (κ2) is 7.28. The summed E-state index contributed by atoms with van der Waals surface area (Å²) in [5, 5.41) is 6.54. The summed E-state index contributed by atoms with van der Waals surface area (Å²) in [6.45, 7) is 2.75. The molecule has 1 amide bonds. The summed E-state index contributed by atoms with van der Waals surface area (Å²) in [6.07, 6.45) is 5.62. The molecule has 21 heavy (non-hydrogen) atoms. The van der Waals surface area contributed by atoms with Crippen molar-refractivity contribution >= 4 is 18.3 Å². The molecule has 1 aliphatic carbocycles. The maximum Gasteiger partial charge on any atom is 0.223 e. The number of carbonyl (C=O) groups excluding carboxylic acids is 1. The summed E-state index contributed by atoms with van der Waals surface area (Å²) in [5.74, 6) is 0.470. The van der Waals surface area contributed by atoms with Gasteiger partial charge in [0.05, 0.1) is 0 Å². The maximum atomic E-state index is 12.3. The van der Waals surface area contributed by atoms with Crippen molar-refractivity contribution in [2.75, 3.05) is 19.6 Å². The summed E-state index contributed by atoms with van der Waals surface area (Å²) in [4.78, 5) is 12.3. The molecule has 1 saturated heterocycles. The van der Waals surface area contributed by atoms with Crippen LogP contribution in [-0.4, -0.2) is 25.5 Å². The molecule has 3 nitrogen and oxygen atoms in total. The van der Waals surface area contributed by atoms with Gasteiger partial charge in [0.1, 0.15) is 0 Å². The van der Waals surface area contributed by atoms with Crippen LogP contribution in [0, 0.1) is 5.92 Å². The average molecular weight is 309 g/mol. The van der Waals surface area contributed by atoms with Gasteiger partial charge in [0.25, 0.3) is 0 Å². The molecule has 0 bridgehead atoms. The van der Waals surface area contributed by atoms with Crippen LogP contribution in [-0.2, 0) is 10.2 Å². The molecule has 0 unspecified atom stereocenters. The predicted octanol–water partition coefficient (Wildman–Crippen LogP) is 2.65. The summed E-state index contributed by atoms with van der Waals surface area (Å²) >= 11 is 0. The highest BCUT2D eigenvalue weighted by atomic mass is 35.5. The van der Waals surface area contributed by atoms with Crippen LogP contribution >= 0.6 is 12.4 Å². The Morgan fingerprint density at radius 2 is 1.86 bits per heavy atom. The Morgan fingerprint density at radius 1 is 1.19 bits per heavy atom. The predicted molar refractivity (Wildman–Crippen MR) is 87.8 cm³/mol. The van der Waals surface area contributed by atoms with Crippen LogP contribution in [0.3, 0.4) is 0 Å². The van der Waals surface area contributed by atoms with Gasteiger partial charge in [-0.2, -0.15) is 0 Å². The molecule has 0 atom stereocenters. The number of benzene rings is 1. The van der Waals surface area contributed by atoms with Gasteiger partial charge in [0.15, 0.2) is 0 Å². The van der Waals surface area contributed by atoms with E-state index in [0.717, 1.165) is 32.5 Å². The zero-order valence-electron chi connectivity index (χ0n) is 12.4. The van der Waals surface area contributed by atoms with Crippen molar-refractivity contribution in [3.63, 3.8) is 0 Å². The molecule has 4 heteroatoms. The Labute approximate surface area is 133 Å². The van der Waals surface area contributed by atoms with Gasteiger partial charge >= 0.3 is 0 Å². The molecular formula is C17H25ClN2O. The smallest absolute Gasteiger partial charge is 0.223 e. The van der Waals surface area contributed by atoms with Crippen LogP contribution in [0.5, 0.6) is 0 Å². The number of rotatable bonds is 4. The van der Waals surface area contributed by atoms with E-state index in [1.165, 1.54) is 24.8 Å². The number of halogens is 1. The molecule has 116 valence electrons. The third-order valence-corrected chi connectivity index (χ3v) is 5.01. The topological polar surface area (TPSA) is 41.1 Å². The minimum absolute atomic E-state index is 0. The van der Waals surface area contributed by atoms with Crippen LogP contribution in [0.1, 0.15) is 37.7 Å². The van der Waals surface area contributed by atoms with E-state index in [1.807, 2.05) is 0 Å². The first kappa shape index (κ1) is 16.3. The zero-order chi connectivity index (χ0) is 13.8. The molecule has 0 spiro atoms. The quantitative estimate of drug-likeness (QED) is 0.898. The number of carbonyl (C=O) groups is 1. The van der Waals surface area contributed by atoms with Crippen molar-refractivity contribution in [2.45, 2.75) is 37.5 Å². The molecule has 0 aromatic heterocycles. The number of hydrogen-bond acceptors (Lipinski definition) is 2. The van der Waals surface area contributed by atoms with Crippen LogP contribution in [0.15, 0.2) is 30.3 Å². The standard InChI is InChI=1S/C17H24N2O.ClH/c20-16(14-7-11-18-12-8-14)19-13-17(9-4-10-17)15-5-2-1-3-6-15;/h1-3,5-6,14,18H,4,7-13H2,(H,19,20);1H. The fraction of sp³-hybridized carbons (Fsp3) is 0.588. The number of hydrogen-bond donors (Lipinski definition) is 2. The minimum Gasteiger partial charge on any atom is -0.355 e. The van der Waals surface area contributed by atoms with Gasteiger partial charge in [0, 0.05) is 17.9 Å². The van der Waals surface area contributed by atoms with Crippen molar-refractivity contribution < 1.29 is 4.79 Å². The summed E-state index contributed by atoms with van der Waals surface area (Å²) in [7, 11) is 0. The third kappa shape index (κ3) is 3.58. The van der Waals surface area contributed by atoms with Gasteiger partial charge in [0.2, 0.25) is 5.91 Å². The lowest BCUT2D eigenvalue weighted by atomic mass is 9.64. The highest BCUT2D eigenvalue weighted by molar-refractivity contribution is 5.85. The Morgan fingerprint density at radius 3 is 2.43 bits per heavy atom. The Kier molecular flexibility index (Phi) is 5.65. The van der Waals surface area contributed by atoms with E-state index in [4.69, 9.17) is 0 Å². The number of nitrogens with one attached hydrogen (secondary N) is 2. The second-order valence-electron chi connectivity index (χ2n) is 6.24. The van der Waals surface area contributed by atoms with Crippen molar-refractivity contribution in [1.82, 2.24) is 10.6 Å². The van der Waals surface area contributed by atoms with E-state index in [1.54, 1.807) is 0 Å². The van der Waals surface area contributed by atoms with Crippen LogP contribution in [0.25, 0.3) is 0 Å². The van der Waals surface area contributed by atoms with Gasteiger partial charge in [-0.3, -0.25) is 4.79 Å². The molecule has 2 N–H and O–H groups in total. The highest BCUT2D eigenvalue weighted by Crippen LogP contribution is 2.43. The molecule has 1 aromatic carbocycles. The lowest BCUT2D eigenvalue weighted by Gasteiger charge is -2.43. The maximum absolute atomic E-state index is 12.3. The number of amides is 1. The highest BCUT2D eigenvalue weighted by Gasteiger charge is 2.39. The van der Waals surface area contributed by atoms with Gasteiger partial charge in [-0.15, -0.1) is 12.4 Å². The summed E-state index contributed by atoms with van der Waals surface area (Å²) in [6, 6.07) is 10.7. The fourth-order valence-corrected chi connectivity index (χ4v) is 3.45. The van der Waals surface area contributed by atoms with Gasteiger partial charge < -0.3 is 10.6 Å². The average Bonchev–Trinajstić information content (AvgIpc) is 2.48. The minimum atomic E-state index is 0. The zero-order valence-corrected chi connectivity index (χ0v) is 13.3. The molecule has 2 fully saturated rings. The SMILES string of the molecule is Cl.O=C(NCC1(c2ccccc2)CCC1)C1CCNCC1. The summed E-state index contributed by atoms with van der Waals surface area (Å²) < 4.78 is 0. The fourth-order valence-electron chi connectivity index (χ4n) is 3.45. The molecular weight excluding hydrogens is 284 g/mol. The van der Waals surface area contributed by atoms with E-state index in [-0.39, 0.29) is 29.6 Å². The molecule has 0 radical (unpaired) electrons. The lowest BCUT2D eigenvalue weighted by Crippen LogP contribution is -2.48. The van der Waals surface area contributed by atoms with Gasteiger partial charge in [-0.05, 0) is 44.3 Å². The molecule has 1 aromatic rings. The normalized spacial score (nSPS) is 21.0. The van der Waals surface area contributed by atoms with E-state index in [0.29, 0.717) is 0 Å². The first-order valence-corrected chi connectivity index (χ1v) is 7.84. The Bertz CT molecular complexity index is 453. The molecule has 1 aliphatic heterocycles. The van der Waals surface area contributed by atoms with Crippen molar-refractivity contribution in [1.29, 1.82) is 0 Å². The molecule has 2 aliphatic rings. The monoisotopic (exact) mass is 308 g/mol. The molecule has 3 rings (SSSR count). The van der Waals surface area contributed by atoms with Crippen molar-refractivity contribution in [2.24, 2.45) is 5.92 Å². The van der Waals surface area contributed by atoms with Gasteiger partial charge in [-0.25, -0.2) is 0 Å². The van der Waals surface area contributed by atoms with Gasteiger partial charge in [-0.1, -0.05) is 36.8 Å². The number of piperidine rings is 1. The Balaban J connectivity index is 0.00000161. The van der Waals surface area contributed by atoms with Crippen molar-refractivity contribution in [3.8, 4) is 0 Å². The van der Waals surface area contributed by atoms with Crippen LogP contribution < -0.4 is 10.6 Å². The van der Waals surface area contributed by atoms with E-state index in [9.17, 15) is 4.79 Å². The first-order valence-electron chi connectivity index (χ1n) is 7.84. The second-order valence-corrected chi connectivity index (χ2v) is 6.24. The van der Waals surface area contributed by atoms with Crippen LogP contribution in [0.2, 0.25) is 0 Å². The molecule has 1 heterocycles. The molecule has 1 saturated carbocycles. The van der Waals surface area contributed by atoms with E-state index >= 15 is 0 Å². The van der Waals surface area contributed by atoms with E-state index < -0.39 is 0 Å². The van der Waals surface area contributed by atoms with Crippen molar-refractivity contribution in [3.05, 3.63) is 35.9 Å². The largest absolute Gasteiger partial charge is 0.355 e. The first-order chi connectivity index (χ1) is 9.80. The van der Waals surface area contributed by atoms with E-state index in [2.05, 4.69) is 41.0 Å². The third-order valence-electron chi connectivity index (χ3n) is 5.01. The lowest BCUT2D eigenvalue weighted by molar-refractivity contribution is -0.126. The Hall–Kier alpha value is -1.06. The summed E-state index contributed by atoms with van der Waals surface area (Å²) in [5.41, 5.74) is 1.58. The van der Waals surface area contributed by atoms with Crippen LogP contribution in [0.4, 0.5) is 0 Å².